The van der Waals surface area contributed by atoms with E-state index in [2.05, 4.69) is 20.5 Å². The number of carbonyl (C=O) groups excluding carboxylic acids is 1. The molecule has 138 valence electrons. The molecule has 9 nitrogen and oxygen atoms in total. The largest absolute Gasteiger partial charge is 0.411 e. The van der Waals surface area contributed by atoms with E-state index in [1.807, 2.05) is 0 Å². The Bertz CT molecular complexity index is 982. The molecule has 1 atom stereocenters. The molecule has 1 aromatic carbocycles. The van der Waals surface area contributed by atoms with Crippen molar-refractivity contribution in [2.24, 2.45) is 0 Å². The highest BCUT2D eigenvalue weighted by Gasteiger charge is 2.21. The molecule has 27 heavy (non-hydrogen) atoms. The molecule has 0 radical (unpaired) electrons. The summed E-state index contributed by atoms with van der Waals surface area (Å²) >= 11 is 1.02. The molecule has 0 bridgehead atoms. The molecule has 1 N–H and O–H groups in total. The number of nitrogens with one attached hydrogen (secondary N) is 1. The minimum atomic E-state index is -0.978. The summed E-state index contributed by atoms with van der Waals surface area (Å²) in [5.41, 5.74) is 0.0424. The van der Waals surface area contributed by atoms with Crippen molar-refractivity contribution in [1.82, 2.24) is 15.2 Å². The summed E-state index contributed by atoms with van der Waals surface area (Å²) in [5.74, 6) is -1.16. The molecule has 2 aromatic heterocycles. The van der Waals surface area contributed by atoms with Crippen LogP contribution < -0.4 is 5.32 Å². The second-order valence-corrected chi connectivity index (χ2v) is 6.58. The van der Waals surface area contributed by atoms with Crippen LogP contribution in [0.3, 0.4) is 0 Å². The van der Waals surface area contributed by atoms with Crippen molar-refractivity contribution in [3.8, 4) is 11.5 Å². The average Bonchev–Trinajstić information content (AvgIpc) is 3.12. The minimum absolute atomic E-state index is 0.113. The zero-order valence-corrected chi connectivity index (χ0v) is 14.6. The van der Waals surface area contributed by atoms with Crippen LogP contribution in [0.5, 0.6) is 0 Å². The second kappa shape index (κ2) is 7.91. The maximum atomic E-state index is 13.4. The van der Waals surface area contributed by atoms with Crippen LogP contribution in [0.2, 0.25) is 0 Å². The smallest absolute Gasteiger partial charge is 0.306 e. The number of anilines is 1. The van der Waals surface area contributed by atoms with E-state index in [0.717, 1.165) is 23.9 Å². The lowest BCUT2D eigenvalue weighted by atomic mass is 10.2. The van der Waals surface area contributed by atoms with Crippen molar-refractivity contribution in [2.75, 3.05) is 5.32 Å². The molecular weight excluding hydrogens is 377 g/mol. The Hall–Kier alpha value is -3.34. The molecule has 0 fully saturated rings. The molecule has 0 unspecified atom stereocenters. The molecule has 3 rings (SSSR count). The normalized spacial score (nSPS) is 11.8. The lowest BCUT2D eigenvalue weighted by Gasteiger charge is -2.09. The highest BCUT2D eigenvalue weighted by atomic mass is 32.2. The molecule has 11 heteroatoms. The van der Waals surface area contributed by atoms with E-state index in [4.69, 9.17) is 4.42 Å². The molecule has 0 saturated heterocycles. The van der Waals surface area contributed by atoms with Gasteiger partial charge >= 0.3 is 5.69 Å². The summed E-state index contributed by atoms with van der Waals surface area (Å²) < 4.78 is 18.8. The first-order valence-corrected chi connectivity index (χ1v) is 8.47. The molecule has 0 saturated carbocycles. The number of nitro groups is 1. The van der Waals surface area contributed by atoms with Crippen molar-refractivity contribution < 1.29 is 18.5 Å². The standard InChI is InChI=1S/C16H12FN5O4S/c1-9(14(23)19-11-4-5-12(17)13(7-11)22(24)25)27-16-21-20-15(26-16)10-3-2-6-18-8-10/h2-9H,1H3,(H,19,23)/t9-/m0/s1. The average molecular weight is 389 g/mol. The van der Waals surface area contributed by atoms with E-state index in [9.17, 15) is 19.3 Å². The number of aromatic nitrogens is 3. The van der Waals surface area contributed by atoms with E-state index in [1.54, 1.807) is 31.5 Å². The Morgan fingerprint density at radius 1 is 1.37 bits per heavy atom. The van der Waals surface area contributed by atoms with Crippen molar-refractivity contribution in [3.05, 3.63) is 58.7 Å². The number of nitro benzene ring substituents is 1. The van der Waals surface area contributed by atoms with E-state index in [-0.39, 0.29) is 16.8 Å². The van der Waals surface area contributed by atoms with Crippen LogP contribution in [0.1, 0.15) is 6.92 Å². The first kappa shape index (κ1) is 18.5. The second-order valence-electron chi connectivity index (χ2n) is 5.29. The van der Waals surface area contributed by atoms with Gasteiger partial charge < -0.3 is 9.73 Å². The number of nitrogens with zero attached hydrogens (tertiary/aromatic N) is 4. The number of amides is 1. The van der Waals surface area contributed by atoms with Gasteiger partial charge in [0.25, 0.3) is 5.22 Å². The van der Waals surface area contributed by atoms with E-state index in [1.165, 1.54) is 6.07 Å². The van der Waals surface area contributed by atoms with Gasteiger partial charge in [-0.1, -0.05) is 11.8 Å². The number of carbonyl (C=O) groups is 1. The van der Waals surface area contributed by atoms with Crippen LogP contribution in [0.4, 0.5) is 15.8 Å². The summed E-state index contributed by atoms with van der Waals surface area (Å²) in [7, 11) is 0. The first-order valence-electron chi connectivity index (χ1n) is 7.59. The van der Waals surface area contributed by atoms with Gasteiger partial charge in [-0.2, -0.15) is 4.39 Å². The zero-order valence-electron chi connectivity index (χ0n) is 13.8. The molecule has 0 aliphatic heterocycles. The van der Waals surface area contributed by atoms with Gasteiger partial charge in [-0.05, 0) is 31.2 Å². The predicted molar refractivity (Wildman–Crippen MR) is 94.5 cm³/mol. The Morgan fingerprint density at radius 3 is 2.89 bits per heavy atom. The van der Waals surface area contributed by atoms with E-state index in [0.29, 0.717) is 5.56 Å². The lowest BCUT2D eigenvalue weighted by molar-refractivity contribution is -0.387. The third-order valence-electron chi connectivity index (χ3n) is 3.37. The van der Waals surface area contributed by atoms with E-state index >= 15 is 0 Å². The molecule has 2 heterocycles. The summed E-state index contributed by atoms with van der Waals surface area (Å²) in [6, 6.07) is 6.60. The Balaban J connectivity index is 1.65. The first-order chi connectivity index (χ1) is 12.9. The molecular formula is C16H12FN5O4S. The van der Waals surface area contributed by atoms with Crippen LogP contribution in [-0.4, -0.2) is 31.3 Å². The monoisotopic (exact) mass is 389 g/mol. The minimum Gasteiger partial charge on any atom is -0.411 e. The molecule has 1 amide bonds. The van der Waals surface area contributed by atoms with Gasteiger partial charge in [0.15, 0.2) is 0 Å². The third-order valence-corrected chi connectivity index (χ3v) is 4.31. The third kappa shape index (κ3) is 4.44. The quantitative estimate of drug-likeness (QED) is 0.387. The maximum absolute atomic E-state index is 13.4. The fraction of sp³-hybridized carbons (Fsp3) is 0.125. The Morgan fingerprint density at radius 2 is 2.19 bits per heavy atom. The fourth-order valence-electron chi connectivity index (χ4n) is 2.04. The van der Waals surface area contributed by atoms with Gasteiger partial charge in [0.1, 0.15) is 0 Å². The van der Waals surface area contributed by atoms with Gasteiger partial charge in [-0.25, -0.2) is 0 Å². The van der Waals surface area contributed by atoms with E-state index < -0.39 is 27.6 Å². The number of pyridine rings is 1. The van der Waals surface area contributed by atoms with Gasteiger partial charge in [-0.3, -0.25) is 19.9 Å². The van der Waals surface area contributed by atoms with Crippen LogP contribution in [-0.2, 0) is 4.79 Å². The van der Waals surface area contributed by atoms with Gasteiger partial charge in [-0.15, -0.1) is 10.2 Å². The fourth-order valence-corrected chi connectivity index (χ4v) is 2.73. The number of hydrogen-bond donors (Lipinski definition) is 1. The van der Waals surface area contributed by atoms with Crippen LogP contribution >= 0.6 is 11.8 Å². The van der Waals surface area contributed by atoms with Gasteiger partial charge in [0.2, 0.25) is 17.6 Å². The number of rotatable bonds is 6. The summed E-state index contributed by atoms with van der Waals surface area (Å²) in [6.07, 6.45) is 3.18. The number of hydrogen-bond acceptors (Lipinski definition) is 8. The van der Waals surface area contributed by atoms with Crippen LogP contribution in [0.25, 0.3) is 11.5 Å². The SMILES string of the molecule is C[C@H](Sc1nnc(-c2cccnc2)o1)C(=O)Nc1ccc(F)c([N+](=O)[O-])c1. The topological polar surface area (TPSA) is 124 Å². The van der Waals surface area contributed by atoms with Crippen molar-refractivity contribution in [3.63, 3.8) is 0 Å². The molecule has 0 spiro atoms. The Kier molecular flexibility index (Phi) is 5.41. The highest BCUT2D eigenvalue weighted by Crippen LogP contribution is 2.27. The van der Waals surface area contributed by atoms with Gasteiger partial charge in [0, 0.05) is 24.1 Å². The summed E-state index contributed by atoms with van der Waals surface area (Å²) in [6.45, 7) is 1.60. The lowest BCUT2D eigenvalue weighted by Crippen LogP contribution is -2.22. The summed E-state index contributed by atoms with van der Waals surface area (Å²) in [5, 5.41) is 20.6. The van der Waals surface area contributed by atoms with Gasteiger partial charge in [0.05, 0.1) is 15.7 Å². The zero-order chi connectivity index (χ0) is 19.4. The Labute approximate surface area is 156 Å². The highest BCUT2D eigenvalue weighted by molar-refractivity contribution is 8.00. The molecule has 3 aromatic rings. The molecule has 0 aliphatic carbocycles. The van der Waals surface area contributed by atoms with Crippen LogP contribution in [0.15, 0.2) is 52.4 Å². The van der Waals surface area contributed by atoms with Crippen molar-refractivity contribution >= 4 is 29.0 Å². The molecule has 0 aliphatic rings. The number of benzene rings is 1. The van der Waals surface area contributed by atoms with Crippen molar-refractivity contribution in [1.29, 1.82) is 0 Å². The number of halogens is 1. The van der Waals surface area contributed by atoms with Crippen LogP contribution in [0, 0.1) is 15.9 Å². The maximum Gasteiger partial charge on any atom is 0.306 e. The number of thioether (sulfide) groups is 1. The predicted octanol–water partition coefficient (Wildman–Crippen LogP) is 3.30. The van der Waals surface area contributed by atoms with Crippen molar-refractivity contribution in [2.45, 2.75) is 17.4 Å². The summed E-state index contributed by atoms with van der Waals surface area (Å²) in [4.78, 5) is 26.1.